The van der Waals surface area contributed by atoms with Crippen LogP contribution in [0.25, 0.3) is 0 Å². The molecule has 0 aromatic heterocycles. The Labute approximate surface area is 146 Å². The number of likely N-dealkylation sites (tertiary alicyclic amines) is 1. The molecule has 1 fully saturated rings. The minimum atomic E-state index is -4.12. The summed E-state index contributed by atoms with van der Waals surface area (Å²) in [4.78, 5) is 2.16. The minimum Gasteiger partial charge on any atom is -0.399 e. The molecule has 9 heteroatoms. The molecule has 1 aliphatic rings. The molecule has 0 atom stereocenters. The van der Waals surface area contributed by atoms with Gasteiger partial charge in [-0.1, -0.05) is 0 Å². The molecule has 0 aliphatic carbocycles. The maximum atomic E-state index is 12.7. The molecule has 142 valence electrons. The van der Waals surface area contributed by atoms with Gasteiger partial charge in [-0.2, -0.15) is 17.5 Å². The van der Waals surface area contributed by atoms with E-state index in [1.165, 1.54) is 16.4 Å². The summed E-state index contributed by atoms with van der Waals surface area (Å²) in [6.07, 6.45) is -3.61. The fourth-order valence-corrected chi connectivity index (χ4v) is 4.43. The minimum absolute atomic E-state index is 0.0771. The van der Waals surface area contributed by atoms with Crippen molar-refractivity contribution in [3.8, 4) is 0 Å². The van der Waals surface area contributed by atoms with E-state index in [4.69, 9.17) is 5.73 Å². The molecule has 0 spiro atoms. The number of nitrogens with zero attached hydrogens (tertiary/aromatic N) is 2. The predicted octanol–water partition coefficient (Wildman–Crippen LogP) is 2.70. The fourth-order valence-electron chi connectivity index (χ4n) is 3.01. The molecule has 25 heavy (non-hydrogen) atoms. The Morgan fingerprint density at radius 1 is 1.20 bits per heavy atom. The third kappa shape index (κ3) is 5.58. The van der Waals surface area contributed by atoms with Crippen molar-refractivity contribution in [2.75, 3.05) is 32.4 Å². The van der Waals surface area contributed by atoms with Crippen molar-refractivity contribution in [2.45, 2.75) is 42.8 Å². The van der Waals surface area contributed by atoms with Gasteiger partial charge in [0.15, 0.2) is 0 Å². The van der Waals surface area contributed by atoms with Gasteiger partial charge in [0.25, 0.3) is 0 Å². The molecule has 1 aromatic rings. The average molecular weight is 379 g/mol. The number of hydrogen-bond donors (Lipinski definition) is 1. The molecule has 2 rings (SSSR count). The van der Waals surface area contributed by atoms with Gasteiger partial charge in [-0.3, -0.25) is 0 Å². The van der Waals surface area contributed by atoms with Gasteiger partial charge in [0.2, 0.25) is 10.0 Å². The Morgan fingerprint density at radius 2 is 1.76 bits per heavy atom. The van der Waals surface area contributed by atoms with Crippen LogP contribution in [0.5, 0.6) is 0 Å². The summed E-state index contributed by atoms with van der Waals surface area (Å²) in [6.45, 7) is 1.59. The number of nitrogen functional groups attached to an aromatic ring is 1. The first-order valence-electron chi connectivity index (χ1n) is 8.22. The lowest BCUT2D eigenvalue weighted by Gasteiger charge is -2.36. The first kappa shape index (κ1) is 20.0. The lowest BCUT2D eigenvalue weighted by Crippen LogP contribution is -2.45. The van der Waals surface area contributed by atoms with Crippen LogP contribution < -0.4 is 5.73 Å². The zero-order valence-electron chi connectivity index (χ0n) is 14.2. The smallest absolute Gasteiger partial charge is 0.389 e. The summed E-state index contributed by atoms with van der Waals surface area (Å²) >= 11 is 0. The molecule has 0 unspecified atom stereocenters. The molecule has 1 aliphatic heterocycles. The molecular formula is C16H24F3N3O2S. The second-order valence-electron chi connectivity index (χ2n) is 6.38. The lowest BCUT2D eigenvalue weighted by atomic mass is 10.1. The third-order valence-electron chi connectivity index (χ3n) is 4.56. The van der Waals surface area contributed by atoms with E-state index in [0.717, 1.165) is 0 Å². The SMILES string of the molecule is CN(C1CCN(CCCC(F)(F)F)CC1)S(=O)(=O)c1ccc(N)cc1. The monoisotopic (exact) mass is 379 g/mol. The van der Waals surface area contributed by atoms with Crippen molar-refractivity contribution in [2.24, 2.45) is 0 Å². The second kappa shape index (κ2) is 7.92. The number of hydrogen-bond acceptors (Lipinski definition) is 4. The number of piperidine rings is 1. The van der Waals surface area contributed by atoms with Crippen LogP contribution in [0.1, 0.15) is 25.7 Å². The number of nitrogens with two attached hydrogens (primary N) is 1. The van der Waals surface area contributed by atoms with Crippen LogP contribution in [-0.4, -0.2) is 56.5 Å². The molecule has 2 N–H and O–H groups in total. The van der Waals surface area contributed by atoms with Gasteiger partial charge >= 0.3 is 6.18 Å². The Hall–Kier alpha value is -1.32. The first-order valence-corrected chi connectivity index (χ1v) is 9.66. The van der Waals surface area contributed by atoms with Crippen LogP contribution in [0, 0.1) is 0 Å². The van der Waals surface area contributed by atoms with E-state index in [9.17, 15) is 21.6 Å². The third-order valence-corrected chi connectivity index (χ3v) is 6.49. The van der Waals surface area contributed by atoms with Crippen molar-refractivity contribution in [1.29, 1.82) is 0 Å². The van der Waals surface area contributed by atoms with Gasteiger partial charge in [0.05, 0.1) is 4.90 Å². The highest BCUT2D eigenvalue weighted by Gasteiger charge is 2.31. The first-order chi connectivity index (χ1) is 11.6. The number of halogens is 3. The normalized spacial score (nSPS) is 18.0. The molecule has 0 bridgehead atoms. The van der Waals surface area contributed by atoms with Crippen molar-refractivity contribution >= 4 is 15.7 Å². The van der Waals surface area contributed by atoms with Crippen molar-refractivity contribution in [3.05, 3.63) is 24.3 Å². The van der Waals surface area contributed by atoms with E-state index in [1.54, 1.807) is 19.2 Å². The largest absolute Gasteiger partial charge is 0.399 e. The van der Waals surface area contributed by atoms with E-state index in [2.05, 4.69) is 0 Å². The number of sulfonamides is 1. The summed E-state index contributed by atoms with van der Waals surface area (Å²) in [5, 5.41) is 0. The van der Waals surface area contributed by atoms with Crippen LogP contribution in [0.4, 0.5) is 18.9 Å². The van der Waals surface area contributed by atoms with Crippen LogP contribution in [0.2, 0.25) is 0 Å². The molecule has 5 nitrogen and oxygen atoms in total. The van der Waals surface area contributed by atoms with Crippen molar-refractivity contribution in [1.82, 2.24) is 9.21 Å². The summed E-state index contributed by atoms with van der Waals surface area (Å²) in [5.74, 6) is 0. The highest BCUT2D eigenvalue weighted by Crippen LogP contribution is 2.25. The summed E-state index contributed by atoms with van der Waals surface area (Å²) in [5.41, 5.74) is 6.08. The molecule has 0 amide bonds. The Bertz CT molecular complexity index is 654. The van der Waals surface area contributed by atoms with Gasteiger partial charge in [-0.15, -0.1) is 0 Å². The summed E-state index contributed by atoms with van der Waals surface area (Å²) in [6, 6.07) is 5.90. The standard InChI is InChI=1S/C16H24F3N3O2S/c1-21(25(23,24)15-5-3-13(20)4-6-15)14-7-11-22(12-8-14)10-2-9-16(17,18)19/h3-6,14H,2,7-12,20H2,1H3. The summed E-state index contributed by atoms with van der Waals surface area (Å²) < 4.78 is 63.3. The zero-order valence-corrected chi connectivity index (χ0v) is 15.0. The van der Waals surface area contributed by atoms with Crippen LogP contribution >= 0.6 is 0 Å². The Kier molecular flexibility index (Phi) is 6.34. The number of anilines is 1. The molecule has 1 aromatic carbocycles. The highest BCUT2D eigenvalue weighted by atomic mass is 32.2. The maximum absolute atomic E-state index is 12.7. The Morgan fingerprint density at radius 3 is 2.28 bits per heavy atom. The van der Waals surface area contributed by atoms with Gasteiger partial charge in [-0.25, -0.2) is 8.42 Å². The predicted molar refractivity (Wildman–Crippen MR) is 90.6 cm³/mol. The highest BCUT2D eigenvalue weighted by molar-refractivity contribution is 7.89. The van der Waals surface area contributed by atoms with Gasteiger partial charge in [0, 0.05) is 25.2 Å². The van der Waals surface area contributed by atoms with Crippen molar-refractivity contribution < 1.29 is 21.6 Å². The number of benzene rings is 1. The van der Waals surface area contributed by atoms with Crippen LogP contribution in [0.3, 0.4) is 0 Å². The van der Waals surface area contributed by atoms with Gasteiger partial charge in [-0.05, 0) is 63.2 Å². The van der Waals surface area contributed by atoms with E-state index in [0.29, 0.717) is 38.2 Å². The molecule has 1 saturated heterocycles. The molecule has 0 radical (unpaired) electrons. The average Bonchev–Trinajstić information content (AvgIpc) is 2.54. The van der Waals surface area contributed by atoms with Crippen LogP contribution in [-0.2, 0) is 10.0 Å². The quantitative estimate of drug-likeness (QED) is 0.772. The zero-order chi connectivity index (χ0) is 18.7. The molecule has 0 saturated carbocycles. The van der Waals surface area contributed by atoms with E-state index >= 15 is 0 Å². The second-order valence-corrected chi connectivity index (χ2v) is 8.38. The van der Waals surface area contributed by atoms with Gasteiger partial charge < -0.3 is 10.6 Å². The Balaban J connectivity index is 1.88. The number of rotatable bonds is 6. The van der Waals surface area contributed by atoms with Crippen LogP contribution in [0.15, 0.2) is 29.2 Å². The van der Waals surface area contributed by atoms with E-state index < -0.39 is 22.6 Å². The topological polar surface area (TPSA) is 66.6 Å². The number of alkyl halides is 3. The summed E-state index contributed by atoms with van der Waals surface area (Å²) in [7, 11) is -2.05. The molecule has 1 heterocycles. The lowest BCUT2D eigenvalue weighted by molar-refractivity contribution is -0.136. The molecular weight excluding hydrogens is 355 g/mol. The van der Waals surface area contributed by atoms with Crippen molar-refractivity contribution in [3.63, 3.8) is 0 Å². The maximum Gasteiger partial charge on any atom is 0.389 e. The fraction of sp³-hybridized carbons (Fsp3) is 0.625. The van der Waals surface area contributed by atoms with Gasteiger partial charge in [0.1, 0.15) is 0 Å². The van der Waals surface area contributed by atoms with E-state index in [-0.39, 0.29) is 17.4 Å². The van der Waals surface area contributed by atoms with E-state index in [1.807, 2.05) is 4.90 Å².